The molecular formula is C26H18ClF2N7O2S. The maximum Gasteiger partial charge on any atom is 0.268 e. The van der Waals surface area contributed by atoms with E-state index < -0.39 is 23.2 Å². The SMILES string of the molecule is C=CC(=O)N1CCN(c2c(C#N)c(=O)[nH]c3c(F)c(-c4ccc(F)c5sc(N)nc45)c(Cl)cc23)C[C@@H]1CC#N. The predicted octanol–water partition coefficient (Wildman–Crippen LogP) is 4.31. The zero-order valence-electron chi connectivity index (χ0n) is 20.1. The van der Waals surface area contributed by atoms with Crippen molar-refractivity contribution in [1.82, 2.24) is 14.9 Å². The van der Waals surface area contributed by atoms with Gasteiger partial charge in [0.2, 0.25) is 5.91 Å². The highest BCUT2D eigenvalue weighted by molar-refractivity contribution is 7.22. The Morgan fingerprint density at radius 3 is 2.82 bits per heavy atom. The van der Waals surface area contributed by atoms with Crippen molar-refractivity contribution in [2.75, 3.05) is 30.3 Å². The smallest absolute Gasteiger partial charge is 0.268 e. The Morgan fingerprint density at radius 1 is 1.36 bits per heavy atom. The number of halogens is 3. The molecule has 5 rings (SSSR count). The van der Waals surface area contributed by atoms with Crippen LogP contribution in [0, 0.1) is 34.3 Å². The van der Waals surface area contributed by atoms with Crippen LogP contribution in [0.5, 0.6) is 0 Å². The number of nitriles is 2. The summed E-state index contributed by atoms with van der Waals surface area (Å²) in [5, 5.41) is 19.4. The molecule has 0 radical (unpaired) electrons. The quantitative estimate of drug-likeness (QED) is 0.351. The van der Waals surface area contributed by atoms with Crippen LogP contribution in [0.4, 0.5) is 19.6 Å². The molecule has 0 unspecified atom stereocenters. The molecule has 9 nitrogen and oxygen atoms in total. The number of nitrogens with two attached hydrogens (primary N) is 1. The summed E-state index contributed by atoms with van der Waals surface area (Å²) >= 11 is 7.52. The van der Waals surface area contributed by atoms with E-state index in [1.165, 1.54) is 17.0 Å². The molecule has 13 heteroatoms. The molecule has 1 aliphatic rings. The number of nitrogens with one attached hydrogen (secondary N) is 1. The maximum atomic E-state index is 16.2. The maximum absolute atomic E-state index is 16.2. The van der Waals surface area contributed by atoms with Crippen molar-refractivity contribution in [2.24, 2.45) is 0 Å². The second-order valence-corrected chi connectivity index (χ2v) is 10.2. The van der Waals surface area contributed by atoms with Gasteiger partial charge in [0.25, 0.3) is 5.56 Å². The lowest BCUT2D eigenvalue weighted by Crippen LogP contribution is -2.55. The fourth-order valence-electron chi connectivity index (χ4n) is 4.97. The topological polar surface area (TPSA) is 143 Å². The summed E-state index contributed by atoms with van der Waals surface area (Å²) in [6, 6.07) is 7.29. The number of amides is 1. The number of pyridine rings is 1. The van der Waals surface area contributed by atoms with E-state index in [0.717, 1.165) is 23.5 Å². The number of carbonyl (C=O) groups excluding carboxylic acids is 1. The van der Waals surface area contributed by atoms with Crippen LogP contribution in [0.2, 0.25) is 5.02 Å². The van der Waals surface area contributed by atoms with Crippen LogP contribution in [0.25, 0.3) is 32.2 Å². The Kier molecular flexibility index (Phi) is 6.68. The first kappa shape index (κ1) is 26.1. The van der Waals surface area contributed by atoms with Crippen LogP contribution >= 0.6 is 22.9 Å². The molecule has 39 heavy (non-hydrogen) atoms. The molecule has 0 spiro atoms. The second kappa shape index (κ2) is 9.98. The summed E-state index contributed by atoms with van der Waals surface area (Å²) in [6.45, 7) is 3.99. The fourth-order valence-corrected chi connectivity index (χ4v) is 6.02. The van der Waals surface area contributed by atoms with Gasteiger partial charge >= 0.3 is 0 Å². The third kappa shape index (κ3) is 4.24. The molecule has 3 heterocycles. The number of anilines is 2. The number of rotatable bonds is 4. The standard InChI is InChI=1S/C26H18ClF2N7O2S/c1-2-18(37)36-8-7-35(11-12(36)5-6-30)23-14-9-16(27)19(20(29)21(14)33-25(38)15(23)10-31)13-3-4-17(28)24-22(13)34-26(32)39-24/h2-4,9,12H,1,5,7-8,11H2,(H2,32,34)(H,33,38)/t12-/m0/s1. The van der Waals surface area contributed by atoms with Gasteiger partial charge in [0, 0.05) is 36.1 Å². The lowest BCUT2D eigenvalue weighted by Gasteiger charge is -2.41. The number of H-pyrrole nitrogens is 1. The van der Waals surface area contributed by atoms with E-state index in [-0.39, 0.29) is 85.6 Å². The second-order valence-electron chi connectivity index (χ2n) is 8.78. The molecule has 196 valence electrons. The van der Waals surface area contributed by atoms with Crippen LogP contribution in [0.15, 0.2) is 35.6 Å². The Balaban J connectivity index is 1.73. The molecule has 1 amide bonds. The summed E-state index contributed by atoms with van der Waals surface area (Å²) in [7, 11) is 0. The minimum absolute atomic E-state index is 0.00427. The van der Waals surface area contributed by atoms with Crippen molar-refractivity contribution in [1.29, 1.82) is 10.5 Å². The fraction of sp³-hybridized carbons (Fsp3) is 0.192. The Morgan fingerprint density at radius 2 is 2.13 bits per heavy atom. The third-order valence-electron chi connectivity index (χ3n) is 6.65. The van der Waals surface area contributed by atoms with Crippen molar-refractivity contribution in [3.63, 3.8) is 0 Å². The highest BCUT2D eigenvalue weighted by Crippen LogP contribution is 2.42. The molecule has 0 aliphatic carbocycles. The van der Waals surface area contributed by atoms with Gasteiger partial charge in [0.05, 0.1) is 45.0 Å². The first-order valence-corrected chi connectivity index (χ1v) is 12.8. The molecule has 1 saturated heterocycles. The van der Waals surface area contributed by atoms with E-state index in [0.29, 0.717) is 0 Å². The van der Waals surface area contributed by atoms with Gasteiger partial charge in [-0.3, -0.25) is 9.59 Å². The Hall–Kier alpha value is -4.52. The molecule has 2 aromatic heterocycles. The van der Waals surface area contributed by atoms with Gasteiger partial charge in [-0.15, -0.1) is 0 Å². The number of aromatic amines is 1. The number of hydrogen-bond donors (Lipinski definition) is 2. The van der Waals surface area contributed by atoms with Gasteiger partial charge in [-0.25, -0.2) is 13.8 Å². The van der Waals surface area contributed by atoms with E-state index in [1.54, 1.807) is 4.90 Å². The van der Waals surface area contributed by atoms with Crippen molar-refractivity contribution in [3.8, 4) is 23.3 Å². The monoisotopic (exact) mass is 565 g/mol. The van der Waals surface area contributed by atoms with Crippen LogP contribution in [-0.4, -0.2) is 46.5 Å². The highest BCUT2D eigenvalue weighted by atomic mass is 35.5. The molecule has 1 aliphatic heterocycles. The molecule has 2 aromatic carbocycles. The Labute approximate surface area is 228 Å². The largest absolute Gasteiger partial charge is 0.375 e. The number of benzene rings is 2. The highest BCUT2D eigenvalue weighted by Gasteiger charge is 2.33. The molecule has 1 fully saturated rings. The molecule has 1 atom stereocenters. The molecule has 4 aromatic rings. The average molecular weight is 566 g/mol. The molecule has 3 N–H and O–H groups in total. The number of thiazole rings is 1. The first-order chi connectivity index (χ1) is 18.7. The van der Waals surface area contributed by atoms with Crippen molar-refractivity contribution >= 4 is 60.8 Å². The molecule has 0 bridgehead atoms. The van der Waals surface area contributed by atoms with Gasteiger partial charge in [-0.1, -0.05) is 29.5 Å². The van der Waals surface area contributed by atoms with Crippen molar-refractivity contribution in [2.45, 2.75) is 12.5 Å². The number of nitrogen functional groups attached to an aromatic ring is 1. The van der Waals surface area contributed by atoms with E-state index >= 15 is 4.39 Å². The van der Waals surface area contributed by atoms with E-state index in [4.69, 9.17) is 17.3 Å². The lowest BCUT2D eigenvalue weighted by molar-refractivity contribution is -0.128. The zero-order valence-corrected chi connectivity index (χ0v) is 21.7. The van der Waals surface area contributed by atoms with E-state index in [2.05, 4.69) is 22.6 Å². The van der Waals surface area contributed by atoms with Crippen LogP contribution in [0.1, 0.15) is 12.0 Å². The number of carbonyl (C=O) groups is 1. The summed E-state index contributed by atoms with van der Waals surface area (Å²) in [6.07, 6.45) is 1.15. The van der Waals surface area contributed by atoms with E-state index in [9.17, 15) is 24.5 Å². The van der Waals surface area contributed by atoms with Crippen molar-refractivity contribution in [3.05, 3.63) is 63.4 Å². The van der Waals surface area contributed by atoms with Gasteiger partial charge in [0.15, 0.2) is 10.9 Å². The summed E-state index contributed by atoms with van der Waals surface area (Å²) < 4.78 is 30.7. The first-order valence-electron chi connectivity index (χ1n) is 11.6. The minimum Gasteiger partial charge on any atom is -0.375 e. The van der Waals surface area contributed by atoms with Crippen LogP contribution in [0.3, 0.4) is 0 Å². The van der Waals surface area contributed by atoms with Crippen LogP contribution < -0.4 is 16.2 Å². The minimum atomic E-state index is -0.895. The zero-order chi connectivity index (χ0) is 28.0. The normalized spacial score (nSPS) is 15.4. The van der Waals surface area contributed by atoms with Gasteiger partial charge in [0.1, 0.15) is 17.4 Å². The summed E-state index contributed by atoms with van der Waals surface area (Å²) in [4.78, 5) is 35.1. The number of nitrogens with zero attached hydrogens (tertiary/aromatic N) is 5. The third-order valence-corrected chi connectivity index (χ3v) is 7.84. The molecule has 0 saturated carbocycles. The number of aromatic nitrogens is 2. The summed E-state index contributed by atoms with van der Waals surface area (Å²) in [5.74, 6) is -1.82. The average Bonchev–Trinajstić information content (AvgIpc) is 3.32. The number of hydrogen-bond acceptors (Lipinski definition) is 8. The lowest BCUT2D eigenvalue weighted by atomic mass is 9.98. The predicted molar refractivity (Wildman–Crippen MR) is 145 cm³/mol. The van der Waals surface area contributed by atoms with E-state index in [1.807, 2.05) is 6.07 Å². The van der Waals surface area contributed by atoms with Gasteiger partial charge in [-0.2, -0.15) is 10.5 Å². The summed E-state index contributed by atoms with van der Waals surface area (Å²) in [5.41, 5.74) is 4.80. The van der Waals surface area contributed by atoms with Crippen LogP contribution in [-0.2, 0) is 4.79 Å². The number of piperazine rings is 1. The van der Waals surface area contributed by atoms with Gasteiger partial charge < -0.3 is 20.5 Å². The van der Waals surface area contributed by atoms with Gasteiger partial charge in [-0.05, 0) is 24.3 Å². The Bertz CT molecular complexity index is 1840. The number of fused-ring (bicyclic) bond motifs is 2. The van der Waals surface area contributed by atoms with Crippen molar-refractivity contribution < 1.29 is 13.6 Å². The molecular weight excluding hydrogens is 548 g/mol.